The number of likely N-dealkylation sites (N-methyl/N-ethyl adjacent to an activating group) is 1. The zero-order chi connectivity index (χ0) is 19.2. The van der Waals surface area contributed by atoms with Crippen LogP contribution >= 0.6 is 0 Å². The normalized spacial score (nSPS) is 10.9. The van der Waals surface area contributed by atoms with E-state index in [1.807, 2.05) is 75.4 Å². The van der Waals surface area contributed by atoms with Gasteiger partial charge in [0.1, 0.15) is 5.75 Å². The maximum absolute atomic E-state index is 12.3. The van der Waals surface area contributed by atoms with E-state index < -0.39 is 0 Å². The third-order valence-electron chi connectivity index (χ3n) is 3.64. The number of carbonyl (C=O) groups is 2. The molecule has 2 rings (SSSR count). The smallest absolute Gasteiger partial charge is 0.260 e. The standard InChI is InChI=1S/C21H26N2O3/c1-21(2,3)22-19(24)14-23(4)20(25)15-26-18-13-9-8-12-17(18)16-10-6-5-7-11-16/h5-13H,14-15H2,1-4H3,(H,22,24). The number of amides is 2. The van der Waals surface area contributed by atoms with Crippen LogP contribution in [0.4, 0.5) is 0 Å². The number of benzene rings is 2. The van der Waals surface area contributed by atoms with Crippen molar-refractivity contribution in [2.45, 2.75) is 26.3 Å². The van der Waals surface area contributed by atoms with Crippen LogP contribution in [-0.2, 0) is 9.59 Å². The van der Waals surface area contributed by atoms with E-state index >= 15 is 0 Å². The maximum Gasteiger partial charge on any atom is 0.260 e. The Morgan fingerprint density at radius 2 is 1.62 bits per heavy atom. The van der Waals surface area contributed by atoms with Gasteiger partial charge in [-0.05, 0) is 32.4 Å². The molecule has 2 amide bonds. The fraction of sp³-hybridized carbons (Fsp3) is 0.333. The number of para-hydroxylation sites is 1. The van der Waals surface area contributed by atoms with Crippen molar-refractivity contribution in [3.63, 3.8) is 0 Å². The predicted octanol–water partition coefficient (Wildman–Crippen LogP) is 3.11. The molecule has 0 aliphatic rings. The largest absolute Gasteiger partial charge is 0.483 e. The van der Waals surface area contributed by atoms with Gasteiger partial charge in [0.15, 0.2) is 6.61 Å². The molecule has 0 heterocycles. The van der Waals surface area contributed by atoms with Gasteiger partial charge < -0.3 is 15.0 Å². The molecular formula is C21H26N2O3. The van der Waals surface area contributed by atoms with Crippen LogP contribution in [0.1, 0.15) is 20.8 Å². The highest BCUT2D eigenvalue weighted by Gasteiger charge is 2.18. The quantitative estimate of drug-likeness (QED) is 0.867. The Morgan fingerprint density at radius 3 is 2.27 bits per heavy atom. The molecule has 2 aromatic rings. The Bertz CT molecular complexity index is 751. The summed E-state index contributed by atoms with van der Waals surface area (Å²) in [5.74, 6) is 0.189. The van der Waals surface area contributed by atoms with Crippen LogP contribution < -0.4 is 10.1 Å². The summed E-state index contributed by atoms with van der Waals surface area (Å²) >= 11 is 0. The first-order valence-corrected chi connectivity index (χ1v) is 8.58. The van der Waals surface area contributed by atoms with Crippen molar-refractivity contribution in [3.8, 4) is 16.9 Å². The van der Waals surface area contributed by atoms with Crippen LogP contribution in [0.25, 0.3) is 11.1 Å². The number of ether oxygens (including phenoxy) is 1. The lowest BCUT2D eigenvalue weighted by Crippen LogP contribution is -2.47. The van der Waals surface area contributed by atoms with Gasteiger partial charge in [0.2, 0.25) is 5.91 Å². The van der Waals surface area contributed by atoms with E-state index in [0.29, 0.717) is 5.75 Å². The SMILES string of the molecule is CN(CC(=O)NC(C)(C)C)C(=O)COc1ccccc1-c1ccccc1. The van der Waals surface area contributed by atoms with Crippen molar-refractivity contribution in [1.29, 1.82) is 0 Å². The Hall–Kier alpha value is -2.82. The average molecular weight is 354 g/mol. The number of carbonyl (C=O) groups excluding carboxylic acids is 2. The lowest BCUT2D eigenvalue weighted by Gasteiger charge is -2.23. The molecule has 5 nitrogen and oxygen atoms in total. The second kappa shape index (κ2) is 8.52. The molecule has 0 spiro atoms. The summed E-state index contributed by atoms with van der Waals surface area (Å²) < 4.78 is 5.73. The molecule has 0 atom stereocenters. The molecule has 5 heteroatoms. The van der Waals surface area contributed by atoms with Gasteiger partial charge in [-0.25, -0.2) is 0 Å². The van der Waals surface area contributed by atoms with E-state index in [9.17, 15) is 9.59 Å². The van der Waals surface area contributed by atoms with Crippen LogP contribution in [0, 0.1) is 0 Å². The average Bonchev–Trinajstić information content (AvgIpc) is 2.59. The maximum atomic E-state index is 12.3. The van der Waals surface area contributed by atoms with Crippen LogP contribution in [0.15, 0.2) is 54.6 Å². The van der Waals surface area contributed by atoms with E-state index in [4.69, 9.17) is 4.74 Å². The highest BCUT2D eigenvalue weighted by atomic mass is 16.5. The number of nitrogens with zero attached hydrogens (tertiary/aromatic N) is 1. The number of hydrogen-bond acceptors (Lipinski definition) is 3. The minimum absolute atomic E-state index is 0.000203. The van der Waals surface area contributed by atoms with Gasteiger partial charge in [0, 0.05) is 18.2 Å². The molecular weight excluding hydrogens is 328 g/mol. The molecule has 1 N–H and O–H groups in total. The first kappa shape index (κ1) is 19.5. The van der Waals surface area contributed by atoms with E-state index in [1.54, 1.807) is 7.05 Å². The summed E-state index contributed by atoms with van der Waals surface area (Å²) in [6.45, 7) is 5.58. The van der Waals surface area contributed by atoms with Crippen LogP contribution in [-0.4, -0.2) is 42.5 Å². The van der Waals surface area contributed by atoms with Crippen molar-refractivity contribution in [3.05, 3.63) is 54.6 Å². The van der Waals surface area contributed by atoms with Crippen molar-refractivity contribution in [2.24, 2.45) is 0 Å². The summed E-state index contributed by atoms with van der Waals surface area (Å²) in [7, 11) is 1.59. The molecule has 0 radical (unpaired) electrons. The van der Waals surface area contributed by atoms with E-state index in [2.05, 4.69) is 5.32 Å². The third-order valence-corrected chi connectivity index (χ3v) is 3.64. The molecule has 0 aromatic heterocycles. The summed E-state index contributed by atoms with van der Waals surface area (Å²) in [6, 6.07) is 17.4. The van der Waals surface area contributed by atoms with E-state index in [1.165, 1.54) is 4.90 Å². The molecule has 0 saturated carbocycles. The van der Waals surface area contributed by atoms with Gasteiger partial charge in [-0.3, -0.25) is 9.59 Å². The minimum Gasteiger partial charge on any atom is -0.483 e. The predicted molar refractivity (Wildman–Crippen MR) is 103 cm³/mol. The molecule has 138 valence electrons. The van der Waals surface area contributed by atoms with Gasteiger partial charge in [0.25, 0.3) is 5.91 Å². The Kier molecular flexibility index (Phi) is 6.39. The van der Waals surface area contributed by atoms with Gasteiger partial charge in [-0.2, -0.15) is 0 Å². The highest BCUT2D eigenvalue weighted by Crippen LogP contribution is 2.29. The second-order valence-corrected chi connectivity index (χ2v) is 7.20. The highest BCUT2D eigenvalue weighted by molar-refractivity contribution is 5.85. The summed E-state index contributed by atoms with van der Waals surface area (Å²) in [6.07, 6.45) is 0. The third kappa shape index (κ3) is 5.92. The van der Waals surface area contributed by atoms with Crippen LogP contribution in [0.3, 0.4) is 0 Å². The lowest BCUT2D eigenvalue weighted by atomic mass is 10.1. The summed E-state index contributed by atoms with van der Waals surface area (Å²) in [4.78, 5) is 25.6. The van der Waals surface area contributed by atoms with Crippen molar-refractivity contribution < 1.29 is 14.3 Å². The van der Waals surface area contributed by atoms with Crippen molar-refractivity contribution in [2.75, 3.05) is 20.2 Å². The molecule has 0 unspecified atom stereocenters. The fourth-order valence-corrected chi connectivity index (χ4v) is 2.46. The molecule has 26 heavy (non-hydrogen) atoms. The van der Waals surface area contributed by atoms with Gasteiger partial charge in [-0.1, -0.05) is 48.5 Å². The number of rotatable bonds is 6. The summed E-state index contributed by atoms with van der Waals surface area (Å²) in [5.41, 5.74) is 1.62. The van der Waals surface area contributed by atoms with E-state index in [0.717, 1.165) is 11.1 Å². The molecule has 0 aliphatic heterocycles. The molecule has 0 saturated heterocycles. The monoisotopic (exact) mass is 354 g/mol. The lowest BCUT2D eigenvalue weighted by molar-refractivity contribution is -0.136. The van der Waals surface area contributed by atoms with Gasteiger partial charge in [-0.15, -0.1) is 0 Å². The van der Waals surface area contributed by atoms with E-state index in [-0.39, 0.29) is 30.5 Å². The first-order valence-electron chi connectivity index (χ1n) is 8.58. The first-order chi connectivity index (χ1) is 12.3. The molecule has 0 bridgehead atoms. The fourth-order valence-electron chi connectivity index (χ4n) is 2.46. The minimum atomic E-state index is -0.327. The Balaban J connectivity index is 1.97. The van der Waals surface area contributed by atoms with Crippen LogP contribution in [0.2, 0.25) is 0 Å². The van der Waals surface area contributed by atoms with Crippen LogP contribution in [0.5, 0.6) is 5.75 Å². The number of hydrogen-bond donors (Lipinski definition) is 1. The zero-order valence-corrected chi connectivity index (χ0v) is 15.8. The zero-order valence-electron chi connectivity index (χ0n) is 15.8. The number of nitrogens with one attached hydrogen (secondary N) is 1. The van der Waals surface area contributed by atoms with Crippen molar-refractivity contribution in [1.82, 2.24) is 10.2 Å². The topological polar surface area (TPSA) is 58.6 Å². The summed E-state index contributed by atoms with van der Waals surface area (Å²) in [5, 5.41) is 2.84. The van der Waals surface area contributed by atoms with Gasteiger partial charge in [0.05, 0.1) is 6.54 Å². The molecule has 0 fully saturated rings. The Morgan fingerprint density at radius 1 is 1.00 bits per heavy atom. The van der Waals surface area contributed by atoms with Crippen molar-refractivity contribution >= 4 is 11.8 Å². The second-order valence-electron chi connectivity index (χ2n) is 7.20. The molecule has 2 aromatic carbocycles. The Labute approximate surface area is 155 Å². The van der Waals surface area contributed by atoms with Gasteiger partial charge >= 0.3 is 0 Å². The molecule has 0 aliphatic carbocycles.